The smallest absolute Gasteiger partial charge is 0.0589 e. The fraction of sp³-hybridized carbons (Fsp3) is 0.700. The van der Waals surface area contributed by atoms with Gasteiger partial charge in [-0.05, 0) is 0 Å². The van der Waals surface area contributed by atoms with Crippen LogP contribution in [-0.4, -0.2) is 46.8 Å². The number of alkyl halides is 1. The molecule has 1 aromatic rings. The van der Waals surface area contributed by atoms with E-state index in [9.17, 15) is 0 Å². The van der Waals surface area contributed by atoms with Crippen molar-refractivity contribution >= 4 is 15.9 Å². The zero-order valence-corrected chi connectivity index (χ0v) is 10.9. The van der Waals surface area contributed by atoms with E-state index >= 15 is 0 Å². The monoisotopic (exact) mass is 275 g/mol. The van der Waals surface area contributed by atoms with E-state index in [1.807, 2.05) is 24.1 Å². The van der Waals surface area contributed by atoms with Gasteiger partial charge in [0.2, 0.25) is 0 Å². The van der Waals surface area contributed by atoms with Crippen molar-refractivity contribution in [2.24, 2.45) is 7.05 Å². The molecule has 1 heterocycles. The first-order valence-corrected chi connectivity index (χ1v) is 6.13. The highest BCUT2D eigenvalue weighted by Crippen LogP contribution is 2.03. The van der Waals surface area contributed by atoms with Crippen LogP contribution in [0, 0.1) is 0 Å². The number of nitrogens with zero attached hydrogens (tertiary/aromatic N) is 3. The molecule has 0 fully saturated rings. The van der Waals surface area contributed by atoms with Gasteiger partial charge < -0.3 is 4.74 Å². The Morgan fingerprint density at radius 2 is 2.33 bits per heavy atom. The third-order valence-electron chi connectivity index (χ3n) is 2.18. The molecule has 0 unspecified atom stereocenters. The molecular formula is C10H18BrN3O. The molecule has 1 aromatic heterocycles. The molecule has 15 heavy (non-hydrogen) atoms. The summed E-state index contributed by atoms with van der Waals surface area (Å²) < 4.78 is 6.92. The SMILES string of the molecule is COCCN(CCBr)Cc1cnn(C)c1. The third kappa shape index (κ3) is 4.77. The van der Waals surface area contributed by atoms with E-state index in [0.29, 0.717) is 0 Å². The summed E-state index contributed by atoms with van der Waals surface area (Å²) in [5.74, 6) is 0. The minimum Gasteiger partial charge on any atom is -0.383 e. The average molecular weight is 276 g/mol. The summed E-state index contributed by atoms with van der Waals surface area (Å²) in [4.78, 5) is 2.34. The predicted molar refractivity (Wildman–Crippen MR) is 64.2 cm³/mol. The van der Waals surface area contributed by atoms with Gasteiger partial charge in [-0.1, -0.05) is 15.9 Å². The van der Waals surface area contributed by atoms with E-state index in [1.165, 1.54) is 5.56 Å². The molecule has 1 rings (SSSR count). The lowest BCUT2D eigenvalue weighted by atomic mass is 10.3. The van der Waals surface area contributed by atoms with Crippen LogP contribution in [0.5, 0.6) is 0 Å². The minimum atomic E-state index is 0.771. The van der Waals surface area contributed by atoms with Gasteiger partial charge in [-0.3, -0.25) is 9.58 Å². The van der Waals surface area contributed by atoms with Crippen molar-refractivity contribution in [3.05, 3.63) is 18.0 Å². The van der Waals surface area contributed by atoms with E-state index in [2.05, 4.69) is 25.9 Å². The average Bonchev–Trinajstić information content (AvgIpc) is 2.61. The van der Waals surface area contributed by atoms with Crippen LogP contribution in [0.4, 0.5) is 0 Å². The largest absolute Gasteiger partial charge is 0.383 e. The first-order chi connectivity index (χ1) is 7.26. The van der Waals surface area contributed by atoms with Crippen LogP contribution < -0.4 is 0 Å². The van der Waals surface area contributed by atoms with Crippen molar-refractivity contribution in [3.63, 3.8) is 0 Å². The maximum atomic E-state index is 5.08. The quantitative estimate of drug-likeness (QED) is 0.702. The molecule has 86 valence electrons. The Labute approximate surface area is 99.3 Å². The van der Waals surface area contributed by atoms with Crippen LogP contribution >= 0.6 is 15.9 Å². The van der Waals surface area contributed by atoms with E-state index in [0.717, 1.165) is 31.6 Å². The summed E-state index contributed by atoms with van der Waals surface area (Å²) in [5.41, 5.74) is 1.24. The number of aromatic nitrogens is 2. The molecule has 0 radical (unpaired) electrons. The lowest BCUT2D eigenvalue weighted by Crippen LogP contribution is -2.28. The zero-order chi connectivity index (χ0) is 11.1. The lowest BCUT2D eigenvalue weighted by Gasteiger charge is -2.19. The standard InChI is InChI=1S/C10H18BrN3O/c1-13-8-10(7-12-13)9-14(4-3-11)5-6-15-2/h7-8H,3-6,9H2,1-2H3. The lowest BCUT2D eigenvalue weighted by molar-refractivity contribution is 0.148. The fourth-order valence-corrected chi connectivity index (χ4v) is 1.92. The molecule has 0 N–H and O–H groups in total. The Morgan fingerprint density at radius 3 is 2.87 bits per heavy atom. The normalized spacial score (nSPS) is 11.2. The van der Waals surface area contributed by atoms with Gasteiger partial charge in [-0.2, -0.15) is 5.10 Å². The molecule has 0 aliphatic heterocycles. The molecule has 4 nitrogen and oxygen atoms in total. The summed E-state index contributed by atoms with van der Waals surface area (Å²) in [6.45, 7) is 3.69. The number of rotatable bonds is 7. The molecular weight excluding hydrogens is 258 g/mol. The van der Waals surface area contributed by atoms with Gasteiger partial charge in [-0.15, -0.1) is 0 Å². The molecule has 0 atom stereocenters. The number of ether oxygens (including phenoxy) is 1. The van der Waals surface area contributed by atoms with Gasteiger partial charge in [0, 0.05) is 50.9 Å². The Bertz CT molecular complexity index is 277. The highest BCUT2D eigenvalue weighted by atomic mass is 79.9. The van der Waals surface area contributed by atoms with E-state index in [1.54, 1.807) is 7.11 Å². The van der Waals surface area contributed by atoms with Crippen molar-refractivity contribution < 1.29 is 4.74 Å². The minimum absolute atomic E-state index is 0.771. The maximum Gasteiger partial charge on any atom is 0.0589 e. The number of hydrogen-bond donors (Lipinski definition) is 0. The van der Waals surface area contributed by atoms with Gasteiger partial charge in [-0.25, -0.2) is 0 Å². The first kappa shape index (κ1) is 12.7. The molecule has 0 aliphatic carbocycles. The van der Waals surface area contributed by atoms with E-state index < -0.39 is 0 Å². The van der Waals surface area contributed by atoms with Crippen LogP contribution in [0.15, 0.2) is 12.4 Å². The van der Waals surface area contributed by atoms with Crippen molar-refractivity contribution in [1.82, 2.24) is 14.7 Å². The molecule has 0 saturated carbocycles. The van der Waals surface area contributed by atoms with Crippen LogP contribution in [0.3, 0.4) is 0 Å². The van der Waals surface area contributed by atoms with E-state index in [-0.39, 0.29) is 0 Å². The van der Waals surface area contributed by atoms with Crippen molar-refractivity contribution in [2.45, 2.75) is 6.54 Å². The molecule has 0 saturated heterocycles. The maximum absolute atomic E-state index is 5.08. The van der Waals surface area contributed by atoms with Crippen molar-refractivity contribution in [1.29, 1.82) is 0 Å². The summed E-state index contributed by atoms with van der Waals surface area (Å²) in [7, 11) is 3.67. The second-order valence-corrected chi connectivity index (χ2v) is 4.27. The number of hydrogen-bond acceptors (Lipinski definition) is 3. The Morgan fingerprint density at radius 1 is 1.53 bits per heavy atom. The van der Waals surface area contributed by atoms with E-state index in [4.69, 9.17) is 4.74 Å². The van der Waals surface area contributed by atoms with Crippen LogP contribution in [-0.2, 0) is 18.3 Å². The van der Waals surface area contributed by atoms with Crippen molar-refractivity contribution in [2.75, 3.05) is 32.1 Å². The van der Waals surface area contributed by atoms with Crippen LogP contribution in [0.1, 0.15) is 5.56 Å². The third-order valence-corrected chi connectivity index (χ3v) is 2.53. The van der Waals surface area contributed by atoms with Gasteiger partial charge in [0.05, 0.1) is 12.8 Å². The summed E-state index contributed by atoms with van der Waals surface area (Å²) >= 11 is 3.46. The molecule has 0 spiro atoms. The Hall–Kier alpha value is -0.390. The highest BCUT2D eigenvalue weighted by molar-refractivity contribution is 9.09. The molecule has 0 aliphatic rings. The Kier molecular flexibility index (Phi) is 5.90. The number of methoxy groups -OCH3 is 1. The molecule has 5 heteroatoms. The Balaban J connectivity index is 2.42. The topological polar surface area (TPSA) is 30.3 Å². The van der Waals surface area contributed by atoms with Gasteiger partial charge in [0.1, 0.15) is 0 Å². The predicted octanol–water partition coefficient (Wildman–Crippen LogP) is 1.26. The number of halogens is 1. The molecule has 0 bridgehead atoms. The molecule has 0 aromatic carbocycles. The second-order valence-electron chi connectivity index (χ2n) is 3.48. The highest BCUT2D eigenvalue weighted by Gasteiger charge is 2.06. The second kappa shape index (κ2) is 6.98. The molecule has 0 amide bonds. The summed E-state index contributed by atoms with van der Waals surface area (Å²) in [6.07, 6.45) is 3.96. The van der Waals surface area contributed by atoms with Crippen LogP contribution in [0.25, 0.3) is 0 Å². The summed E-state index contributed by atoms with van der Waals surface area (Å²) in [5, 5.41) is 5.14. The number of aryl methyl sites for hydroxylation is 1. The van der Waals surface area contributed by atoms with Crippen molar-refractivity contribution in [3.8, 4) is 0 Å². The zero-order valence-electron chi connectivity index (χ0n) is 9.32. The van der Waals surface area contributed by atoms with Gasteiger partial charge in [0.25, 0.3) is 0 Å². The van der Waals surface area contributed by atoms with Crippen LogP contribution in [0.2, 0.25) is 0 Å². The fourth-order valence-electron chi connectivity index (χ4n) is 1.42. The van der Waals surface area contributed by atoms with Gasteiger partial charge in [0.15, 0.2) is 0 Å². The summed E-state index contributed by atoms with van der Waals surface area (Å²) in [6, 6.07) is 0. The first-order valence-electron chi connectivity index (χ1n) is 5.01. The van der Waals surface area contributed by atoms with Gasteiger partial charge >= 0.3 is 0 Å².